The van der Waals surface area contributed by atoms with Crippen LogP contribution in [0, 0.1) is 22.7 Å². The highest BCUT2D eigenvalue weighted by Crippen LogP contribution is 2.02. The second-order valence-corrected chi connectivity index (χ2v) is 2.64. The molecule has 0 aromatic rings. The van der Waals surface area contributed by atoms with Crippen LogP contribution in [0.4, 0.5) is 0 Å². The SMILES string of the molecule is CC(C#N)N(CCN)C(C)C#N. The van der Waals surface area contributed by atoms with E-state index in [1.165, 1.54) is 0 Å². The van der Waals surface area contributed by atoms with E-state index in [0.717, 1.165) is 0 Å². The van der Waals surface area contributed by atoms with Crippen molar-refractivity contribution in [2.45, 2.75) is 25.9 Å². The lowest BCUT2D eigenvalue weighted by molar-refractivity contribution is 0.225. The Kier molecular flexibility index (Phi) is 5.03. The van der Waals surface area contributed by atoms with Gasteiger partial charge < -0.3 is 5.73 Å². The van der Waals surface area contributed by atoms with E-state index in [4.69, 9.17) is 16.3 Å². The number of hydrogen-bond donors (Lipinski definition) is 1. The minimum absolute atomic E-state index is 0.247. The van der Waals surface area contributed by atoms with Crippen molar-refractivity contribution in [3.63, 3.8) is 0 Å². The van der Waals surface area contributed by atoms with Crippen molar-refractivity contribution in [3.05, 3.63) is 0 Å². The maximum absolute atomic E-state index is 8.63. The van der Waals surface area contributed by atoms with E-state index in [2.05, 4.69) is 12.1 Å². The highest BCUT2D eigenvalue weighted by atomic mass is 15.2. The quantitative estimate of drug-likeness (QED) is 0.641. The van der Waals surface area contributed by atoms with Gasteiger partial charge >= 0.3 is 0 Å². The summed E-state index contributed by atoms with van der Waals surface area (Å²) < 4.78 is 0. The number of nitrogens with two attached hydrogens (primary N) is 1. The van der Waals surface area contributed by atoms with Gasteiger partial charge in [0.15, 0.2) is 0 Å². The molecule has 0 radical (unpaired) electrons. The summed E-state index contributed by atoms with van der Waals surface area (Å²) in [6.45, 7) is 4.59. The Hall–Kier alpha value is -1.10. The fourth-order valence-corrected chi connectivity index (χ4v) is 1.02. The zero-order chi connectivity index (χ0) is 9.56. The van der Waals surface area contributed by atoms with Crippen molar-refractivity contribution in [2.75, 3.05) is 13.1 Å². The Bertz CT molecular complexity index is 180. The van der Waals surface area contributed by atoms with Crippen LogP contribution >= 0.6 is 0 Å². The van der Waals surface area contributed by atoms with Crippen molar-refractivity contribution >= 4 is 0 Å². The summed E-state index contributed by atoms with van der Waals surface area (Å²) in [6, 6.07) is 3.67. The Morgan fingerprint density at radius 3 is 1.92 bits per heavy atom. The van der Waals surface area contributed by atoms with Crippen molar-refractivity contribution in [2.24, 2.45) is 5.73 Å². The molecule has 0 fully saturated rings. The lowest BCUT2D eigenvalue weighted by Crippen LogP contribution is -2.41. The van der Waals surface area contributed by atoms with Gasteiger partial charge in [-0.2, -0.15) is 10.5 Å². The number of nitrogens with zero attached hydrogens (tertiary/aromatic N) is 3. The molecule has 0 aliphatic rings. The van der Waals surface area contributed by atoms with Crippen LogP contribution in [-0.4, -0.2) is 30.1 Å². The molecule has 2 atom stereocenters. The Morgan fingerprint density at radius 1 is 1.25 bits per heavy atom. The van der Waals surface area contributed by atoms with E-state index in [-0.39, 0.29) is 12.1 Å². The van der Waals surface area contributed by atoms with Crippen LogP contribution in [0.5, 0.6) is 0 Å². The predicted octanol–water partition coefficient (Wildman–Crippen LogP) is 0.0713. The molecule has 0 amide bonds. The van der Waals surface area contributed by atoms with E-state index >= 15 is 0 Å². The fourth-order valence-electron chi connectivity index (χ4n) is 1.02. The topological polar surface area (TPSA) is 76.8 Å². The van der Waals surface area contributed by atoms with Crippen LogP contribution < -0.4 is 5.73 Å². The highest BCUT2D eigenvalue weighted by Gasteiger charge is 2.17. The summed E-state index contributed by atoms with van der Waals surface area (Å²) in [7, 11) is 0. The second kappa shape index (κ2) is 5.54. The molecule has 0 aliphatic carbocycles. The molecule has 0 rings (SSSR count). The molecule has 66 valence electrons. The third kappa shape index (κ3) is 2.87. The summed E-state index contributed by atoms with van der Waals surface area (Å²) in [5, 5.41) is 17.3. The first kappa shape index (κ1) is 10.9. The molecule has 4 heteroatoms. The standard InChI is InChI=1S/C8H14N4/c1-7(5-10)12(4-3-9)8(2)6-11/h7-8H,3-4,9H2,1-2H3. The maximum atomic E-state index is 8.63. The molecule has 0 bridgehead atoms. The summed E-state index contributed by atoms with van der Waals surface area (Å²) >= 11 is 0. The molecule has 0 saturated heterocycles. The van der Waals surface area contributed by atoms with Crippen LogP contribution in [0.2, 0.25) is 0 Å². The molecule has 12 heavy (non-hydrogen) atoms. The third-order valence-electron chi connectivity index (χ3n) is 1.76. The van der Waals surface area contributed by atoms with E-state index in [1.807, 2.05) is 0 Å². The molecule has 0 saturated carbocycles. The van der Waals surface area contributed by atoms with Gasteiger partial charge in [0.05, 0.1) is 24.2 Å². The van der Waals surface area contributed by atoms with E-state index in [1.54, 1.807) is 18.7 Å². The van der Waals surface area contributed by atoms with E-state index in [9.17, 15) is 0 Å². The Morgan fingerprint density at radius 2 is 1.67 bits per heavy atom. The zero-order valence-electron chi connectivity index (χ0n) is 7.49. The van der Waals surface area contributed by atoms with Gasteiger partial charge in [0, 0.05) is 13.1 Å². The number of hydrogen-bond acceptors (Lipinski definition) is 4. The average Bonchev–Trinajstić information content (AvgIpc) is 2.11. The fraction of sp³-hybridized carbons (Fsp3) is 0.750. The van der Waals surface area contributed by atoms with Crippen molar-refractivity contribution in [1.82, 2.24) is 4.90 Å². The molecule has 2 N–H and O–H groups in total. The summed E-state index contributed by atoms with van der Waals surface area (Å²) in [5.41, 5.74) is 5.35. The van der Waals surface area contributed by atoms with Crippen LogP contribution in [0.3, 0.4) is 0 Å². The first-order valence-corrected chi connectivity index (χ1v) is 3.92. The van der Waals surface area contributed by atoms with Gasteiger partial charge in [-0.05, 0) is 13.8 Å². The monoisotopic (exact) mass is 166 g/mol. The molecular formula is C8H14N4. The smallest absolute Gasteiger partial charge is 0.0960 e. The van der Waals surface area contributed by atoms with Crippen LogP contribution in [0.1, 0.15) is 13.8 Å². The summed E-state index contributed by atoms with van der Waals surface area (Å²) in [6.07, 6.45) is 0. The predicted molar refractivity (Wildman–Crippen MR) is 45.9 cm³/mol. The molecular weight excluding hydrogens is 152 g/mol. The lowest BCUT2D eigenvalue weighted by Gasteiger charge is -2.25. The number of rotatable bonds is 4. The maximum Gasteiger partial charge on any atom is 0.0960 e. The van der Waals surface area contributed by atoms with Crippen LogP contribution in [0.25, 0.3) is 0 Å². The van der Waals surface area contributed by atoms with Gasteiger partial charge in [-0.3, -0.25) is 4.90 Å². The molecule has 0 aliphatic heterocycles. The van der Waals surface area contributed by atoms with Crippen molar-refractivity contribution in [3.8, 4) is 12.1 Å². The first-order chi connectivity index (χ1) is 5.67. The van der Waals surface area contributed by atoms with Crippen LogP contribution in [-0.2, 0) is 0 Å². The zero-order valence-corrected chi connectivity index (χ0v) is 7.49. The molecule has 0 aromatic heterocycles. The highest BCUT2D eigenvalue weighted by molar-refractivity contribution is 4.97. The average molecular weight is 166 g/mol. The van der Waals surface area contributed by atoms with Gasteiger partial charge in [-0.25, -0.2) is 0 Å². The van der Waals surface area contributed by atoms with Gasteiger partial charge in [0.2, 0.25) is 0 Å². The van der Waals surface area contributed by atoms with Gasteiger partial charge in [0.25, 0.3) is 0 Å². The largest absolute Gasteiger partial charge is 0.329 e. The molecule has 0 heterocycles. The minimum Gasteiger partial charge on any atom is -0.329 e. The second-order valence-electron chi connectivity index (χ2n) is 2.64. The summed E-state index contributed by atoms with van der Waals surface area (Å²) in [4.78, 5) is 1.78. The lowest BCUT2D eigenvalue weighted by atomic mass is 10.2. The molecule has 4 nitrogen and oxygen atoms in total. The minimum atomic E-state index is -0.247. The Labute approximate surface area is 73.2 Å². The first-order valence-electron chi connectivity index (χ1n) is 3.92. The molecule has 2 unspecified atom stereocenters. The molecule has 0 aromatic carbocycles. The normalized spacial score (nSPS) is 14.8. The van der Waals surface area contributed by atoms with E-state index in [0.29, 0.717) is 13.1 Å². The van der Waals surface area contributed by atoms with Crippen molar-refractivity contribution in [1.29, 1.82) is 10.5 Å². The van der Waals surface area contributed by atoms with Gasteiger partial charge in [0.1, 0.15) is 0 Å². The van der Waals surface area contributed by atoms with Crippen LogP contribution in [0.15, 0.2) is 0 Å². The van der Waals surface area contributed by atoms with Gasteiger partial charge in [-0.15, -0.1) is 0 Å². The number of nitriles is 2. The molecule has 0 spiro atoms. The Balaban J connectivity index is 4.25. The van der Waals surface area contributed by atoms with E-state index < -0.39 is 0 Å². The van der Waals surface area contributed by atoms with Crippen molar-refractivity contribution < 1.29 is 0 Å². The summed E-state index contributed by atoms with van der Waals surface area (Å²) in [5.74, 6) is 0. The van der Waals surface area contributed by atoms with Gasteiger partial charge in [-0.1, -0.05) is 0 Å². The third-order valence-corrected chi connectivity index (χ3v) is 1.76.